The molecular formula is C19H19F3O4. The summed E-state index contributed by atoms with van der Waals surface area (Å²) in [5.41, 5.74) is 0.185. The number of carbonyl (C=O) groups excluding carboxylic acids is 1. The van der Waals surface area contributed by atoms with E-state index >= 15 is 0 Å². The van der Waals surface area contributed by atoms with Crippen LogP contribution in [0.3, 0.4) is 0 Å². The molecule has 140 valence electrons. The van der Waals surface area contributed by atoms with Crippen LogP contribution in [-0.4, -0.2) is 19.7 Å². The highest BCUT2D eigenvalue weighted by atomic mass is 19.3. The molecule has 0 saturated heterocycles. The molecule has 2 aromatic carbocycles. The predicted octanol–water partition coefficient (Wildman–Crippen LogP) is 4.46. The van der Waals surface area contributed by atoms with Crippen LogP contribution in [0.5, 0.6) is 11.5 Å². The zero-order valence-electron chi connectivity index (χ0n) is 14.6. The van der Waals surface area contributed by atoms with Crippen LogP contribution in [0.1, 0.15) is 25.0 Å². The van der Waals surface area contributed by atoms with Crippen molar-refractivity contribution in [3.05, 3.63) is 59.4 Å². The Bertz CT molecular complexity index is 758. The van der Waals surface area contributed by atoms with Crippen LogP contribution in [0, 0.1) is 5.82 Å². The first-order chi connectivity index (χ1) is 12.2. The van der Waals surface area contributed by atoms with E-state index in [0.29, 0.717) is 11.1 Å². The Morgan fingerprint density at radius 3 is 2.31 bits per heavy atom. The number of halogens is 3. The van der Waals surface area contributed by atoms with Crippen molar-refractivity contribution in [2.75, 3.05) is 7.11 Å². The molecule has 0 saturated carbocycles. The maximum Gasteiger partial charge on any atom is 0.387 e. The molecule has 4 nitrogen and oxygen atoms in total. The van der Waals surface area contributed by atoms with E-state index in [1.54, 1.807) is 13.8 Å². The predicted molar refractivity (Wildman–Crippen MR) is 88.8 cm³/mol. The van der Waals surface area contributed by atoms with E-state index in [0.717, 1.165) is 0 Å². The van der Waals surface area contributed by atoms with E-state index in [1.807, 2.05) is 0 Å². The lowest BCUT2D eigenvalue weighted by Crippen LogP contribution is -2.31. The van der Waals surface area contributed by atoms with E-state index in [9.17, 15) is 18.0 Å². The van der Waals surface area contributed by atoms with Gasteiger partial charge in [0.1, 0.15) is 12.4 Å². The summed E-state index contributed by atoms with van der Waals surface area (Å²) in [6, 6.07) is 9.87. The van der Waals surface area contributed by atoms with E-state index in [-0.39, 0.29) is 18.1 Å². The van der Waals surface area contributed by atoms with Crippen LogP contribution < -0.4 is 9.47 Å². The number of esters is 1. The number of hydrogen-bond donors (Lipinski definition) is 0. The average molecular weight is 368 g/mol. The molecule has 2 rings (SSSR count). The molecule has 0 aliphatic rings. The van der Waals surface area contributed by atoms with Gasteiger partial charge < -0.3 is 14.2 Å². The highest BCUT2D eigenvalue weighted by Gasteiger charge is 2.31. The summed E-state index contributed by atoms with van der Waals surface area (Å²) >= 11 is 0. The highest BCUT2D eigenvalue weighted by molar-refractivity contribution is 5.82. The minimum absolute atomic E-state index is 0.0746. The SMILES string of the molecule is COc1cc(COC(=O)C(C)(C)c2ccc(F)cc2)ccc1OC(F)F. The average Bonchev–Trinajstić information content (AvgIpc) is 2.60. The van der Waals surface area contributed by atoms with E-state index in [4.69, 9.17) is 9.47 Å². The van der Waals surface area contributed by atoms with Gasteiger partial charge in [-0.25, -0.2) is 4.39 Å². The van der Waals surface area contributed by atoms with Crippen molar-refractivity contribution in [2.24, 2.45) is 0 Å². The third-order valence-electron chi connectivity index (χ3n) is 3.89. The van der Waals surface area contributed by atoms with Gasteiger partial charge in [0, 0.05) is 0 Å². The van der Waals surface area contributed by atoms with Crippen molar-refractivity contribution < 1.29 is 32.2 Å². The molecular weight excluding hydrogens is 349 g/mol. The van der Waals surface area contributed by atoms with Crippen LogP contribution >= 0.6 is 0 Å². The molecule has 0 bridgehead atoms. The summed E-state index contributed by atoms with van der Waals surface area (Å²) < 4.78 is 52.4. The summed E-state index contributed by atoms with van der Waals surface area (Å²) in [6.45, 7) is 0.296. The number of hydrogen-bond acceptors (Lipinski definition) is 4. The number of methoxy groups -OCH3 is 1. The molecule has 26 heavy (non-hydrogen) atoms. The molecule has 0 fully saturated rings. The summed E-state index contributed by atoms with van der Waals surface area (Å²) in [5, 5.41) is 0. The Kier molecular flexibility index (Phi) is 6.13. The minimum Gasteiger partial charge on any atom is -0.493 e. The second-order valence-corrected chi connectivity index (χ2v) is 6.07. The van der Waals surface area contributed by atoms with Gasteiger partial charge in [-0.1, -0.05) is 18.2 Å². The number of alkyl halides is 2. The number of carbonyl (C=O) groups is 1. The first kappa shape index (κ1) is 19.6. The molecule has 0 atom stereocenters. The molecule has 0 spiro atoms. The summed E-state index contributed by atoms with van der Waals surface area (Å²) in [5.74, 6) is -0.895. The van der Waals surface area contributed by atoms with Gasteiger partial charge >= 0.3 is 12.6 Å². The van der Waals surface area contributed by atoms with Crippen LogP contribution in [-0.2, 0) is 21.6 Å². The Hall–Kier alpha value is -2.70. The fourth-order valence-electron chi connectivity index (χ4n) is 2.31. The molecule has 0 aliphatic heterocycles. The van der Waals surface area contributed by atoms with Gasteiger partial charge in [-0.05, 0) is 49.2 Å². The zero-order valence-corrected chi connectivity index (χ0v) is 14.6. The highest BCUT2D eigenvalue weighted by Crippen LogP contribution is 2.30. The first-order valence-corrected chi connectivity index (χ1v) is 7.79. The molecule has 0 radical (unpaired) electrons. The minimum atomic E-state index is -2.97. The molecule has 0 aromatic heterocycles. The Labute approximate surface area is 149 Å². The van der Waals surface area contributed by atoms with Crippen molar-refractivity contribution in [1.29, 1.82) is 0 Å². The quantitative estimate of drug-likeness (QED) is 0.677. The Morgan fingerprint density at radius 1 is 1.08 bits per heavy atom. The lowest BCUT2D eigenvalue weighted by atomic mass is 9.85. The normalized spacial score (nSPS) is 11.3. The van der Waals surface area contributed by atoms with E-state index in [1.165, 1.54) is 49.6 Å². The van der Waals surface area contributed by atoms with Gasteiger partial charge in [0.05, 0.1) is 12.5 Å². The molecule has 7 heteroatoms. The Balaban J connectivity index is 2.07. The van der Waals surface area contributed by atoms with E-state index < -0.39 is 23.8 Å². The van der Waals surface area contributed by atoms with Crippen molar-refractivity contribution in [3.8, 4) is 11.5 Å². The van der Waals surface area contributed by atoms with Gasteiger partial charge in [-0.2, -0.15) is 8.78 Å². The standard InChI is InChI=1S/C19H19F3O4/c1-19(2,13-5-7-14(20)8-6-13)17(23)25-11-12-4-9-15(26-18(21)22)16(10-12)24-3/h4-10,18H,11H2,1-3H3. The second kappa shape index (κ2) is 8.12. The van der Waals surface area contributed by atoms with E-state index in [2.05, 4.69) is 4.74 Å². The van der Waals surface area contributed by atoms with Crippen LogP contribution in [0.15, 0.2) is 42.5 Å². The van der Waals surface area contributed by atoms with Gasteiger partial charge in [0.25, 0.3) is 0 Å². The third-order valence-corrected chi connectivity index (χ3v) is 3.89. The fraction of sp³-hybridized carbons (Fsp3) is 0.316. The zero-order chi connectivity index (χ0) is 19.3. The summed E-state index contributed by atoms with van der Waals surface area (Å²) in [6.07, 6.45) is 0. The smallest absolute Gasteiger partial charge is 0.387 e. The summed E-state index contributed by atoms with van der Waals surface area (Å²) in [4.78, 5) is 12.4. The van der Waals surface area contributed by atoms with Gasteiger partial charge in [0.15, 0.2) is 11.5 Å². The van der Waals surface area contributed by atoms with Crippen molar-refractivity contribution >= 4 is 5.97 Å². The molecule has 0 unspecified atom stereocenters. The Morgan fingerprint density at radius 2 is 1.73 bits per heavy atom. The largest absolute Gasteiger partial charge is 0.493 e. The van der Waals surface area contributed by atoms with Crippen molar-refractivity contribution in [2.45, 2.75) is 32.5 Å². The van der Waals surface area contributed by atoms with Gasteiger partial charge in [0.2, 0.25) is 0 Å². The van der Waals surface area contributed by atoms with Crippen LogP contribution in [0.4, 0.5) is 13.2 Å². The van der Waals surface area contributed by atoms with Gasteiger partial charge in [-0.3, -0.25) is 4.79 Å². The topological polar surface area (TPSA) is 44.8 Å². The van der Waals surface area contributed by atoms with Crippen LogP contribution in [0.2, 0.25) is 0 Å². The third kappa shape index (κ3) is 4.68. The first-order valence-electron chi connectivity index (χ1n) is 7.79. The van der Waals surface area contributed by atoms with Crippen LogP contribution in [0.25, 0.3) is 0 Å². The fourth-order valence-corrected chi connectivity index (χ4v) is 2.31. The monoisotopic (exact) mass is 368 g/mol. The molecule has 0 heterocycles. The second-order valence-electron chi connectivity index (χ2n) is 6.07. The lowest BCUT2D eigenvalue weighted by Gasteiger charge is -2.23. The van der Waals surface area contributed by atoms with Crippen molar-refractivity contribution in [1.82, 2.24) is 0 Å². The van der Waals surface area contributed by atoms with Crippen molar-refractivity contribution in [3.63, 3.8) is 0 Å². The molecule has 0 amide bonds. The maximum atomic E-state index is 13.0. The molecule has 2 aromatic rings. The number of rotatable bonds is 7. The lowest BCUT2D eigenvalue weighted by molar-refractivity contribution is -0.150. The molecule has 0 aliphatic carbocycles. The number of benzene rings is 2. The molecule has 0 N–H and O–H groups in total. The van der Waals surface area contributed by atoms with Gasteiger partial charge in [-0.15, -0.1) is 0 Å². The number of ether oxygens (including phenoxy) is 3. The summed E-state index contributed by atoms with van der Waals surface area (Å²) in [7, 11) is 1.32. The maximum absolute atomic E-state index is 13.0.